The zero-order valence-corrected chi connectivity index (χ0v) is 12.5. The van der Waals surface area contributed by atoms with Gasteiger partial charge in [-0.2, -0.15) is 0 Å². The van der Waals surface area contributed by atoms with Crippen LogP contribution >= 0.6 is 0 Å². The van der Waals surface area contributed by atoms with Crippen molar-refractivity contribution < 1.29 is 15.0 Å². The highest BCUT2D eigenvalue weighted by Crippen LogP contribution is 2.23. The molecule has 4 N–H and O–H groups in total. The first-order valence-electron chi connectivity index (χ1n) is 7.09. The summed E-state index contributed by atoms with van der Waals surface area (Å²) >= 11 is 0. The Balaban J connectivity index is 2.02. The van der Waals surface area contributed by atoms with Gasteiger partial charge in [0.05, 0.1) is 11.2 Å². The Morgan fingerprint density at radius 1 is 1.29 bits per heavy atom. The number of nitrogens with zero attached hydrogens (tertiary/aromatic N) is 2. The number of carbonyl (C=O) groups is 1. The fourth-order valence-electron chi connectivity index (χ4n) is 2.64. The molecule has 0 unspecified atom stereocenters. The average molecular weight is 293 g/mol. The number of β-amino-alcohol motifs (C(OH)–C–C–N with tert-alkyl or cyclic N) is 1. The summed E-state index contributed by atoms with van der Waals surface area (Å²) in [6.07, 6.45) is 0. The topological polar surface area (TPSA) is 90.0 Å². The van der Waals surface area contributed by atoms with E-state index in [2.05, 4.69) is 9.80 Å². The average Bonchev–Trinajstić information content (AvgIpc) is 2.38. The molecule has 0 spiro atoms. The van der Waals surface area contributed by atoms with Crippen LogP contribution in [0.3, 0.4) is 0 Å². The number of hydrogen-bond acceptors (Lipinski definition) is 5. The van der Waals surface area contributed by atoms with Crippen LogP contribution in [-0.4, -0.2) is 59.4 Å². The lowest BCUT2D eigenvalue weighted by Gasteiger charge is -2.38. The molecule has 0 aromatic heterocycles. The van der Waals surface area contributed by atoms with Crippen LogP contribution in [0.2, 0.25) is 0 Å². The molecule has 1 saturated heterocycles. The van der Waals surface area contributed by atoms with Gasteiger partial charge in [0.15, 0.2) is 0 Å². The monoisotopic (exact) mass is 293 g/mol. The molecule has 1 aliphatic rings. The molecule has 0 saturated carbocycles. The van der Waals surface area contributed by atoms with Crippen molar-refractivity contribution in [2.45, 2.75) is 19.4 Å². The van der Waals surface area contributed by atoms with E-state index in [1.807, 2.05) is 6.07 Å². The molecule has 1 aromatic rings. The minimum absolute atomic E-state index is 0.145. The van der Waals surface area contributed by atoms with Crippen LogP contribution in [0, 0.1) is 0 Å². The number of aliphatic hydroxyl groups is 1. The second kappa shape index (κ2) is 5.91. The van der Waals surface area contributed by atoms with Crippen LogP contribution in [-0.2, 0) is 0 Å². The van der Waals surface area contributed by atoms with Gasteiger partial charge < -0.3 is 20.8 Å². The second-order valence-corrected chi connectivity index (χ2v) is 6.15. The third kappa shape index (κ3) is 4.09. The number of piperazine rings is 1. The minimum Gasteiger partial charge on any atom is -0.478 e. The maximum atomic E-state index is 11.1. The number of nitrogens with two attached hydrogens (primary N) is 1. The minimum atomic E-state index is -1.00. The number of carboxylic acids is 1. The van der Waals surface area contributed by atoms with Crippen LogP contribution in [0.15, 0.2) is 18.2 Å². The number of nitrogen functional groups attached to an aromatic ring is 1. The van der Waals surface area contributed by atoms with Gasteiger partial charge in [-0.3, -0.25) is 4.90 Å². The van der Waals surface area contributed by atoms with Crippen molar-refractivity contribution in [3.8, 4) is 0 Å². The molecule has 6 heteroatoms. The third-order valence-corrected chi connectivity index (χ3v) is 3.62. The Morgan fingerprint density at radius 3 is 2.43 bits per heavy atom. The molecule has 0 radical (unpaired) electrons. The van der Waals surface area contributed by atoms with Gasteiger partial charge in [0.25, 0.3) is 0 Å². The van der Waals surface area contributed by atoms with Crippen molar-refractivity contribution in [2.24, 2.45) is 0 Å². The van der Waals surface area contributed by atoms with Crippen molar-refractivity contribution in [2.75, 3.05) is 43.4 Å². The normalized spacial score (nSPS) is 17.0. The first kappa shape index (κ1) is 15.6. The lowest BCUT2D eigenvalue weighted by molar-refractivity contribution is 0.0345. The fourth-order valence-corrected chi connectivity index (χ4v) is 2.64. The van der Waals surface area contributed by atoms with Gasteiger partial charge in [0.2, 0.25) is 0 Å². The van der Waals surface area contributed by atoms with E-state index in [1.54, 1.807) is 26.0 Å². The summed E-state index contributed by atoms with van der Waals surface area (Å²) in [5.41, 5.74) is 6.29. The van der Waals surface area contributed by atoms with E-state index >= 15 is 0 Å². The Labute approximate surface area is 124 Å². The largest absolute Gasteiger partial charge is 0.478 e. The quantitative estimate of drug-likeness (QED) is 0.713. The number of rotatable bonds is 4. The molecule has 0 amide bonds. The zero-order chi connectivity index (χ0) is 15.6. The molecule has 1 aromatic carbocycles. The molecule has 1 aliphatic heterocycles. The zero-order valence-electron chi connectivity index (χ0n) is 12.5. The molecule has 0 atom stereocenters. The Kier molecular flexibility index (Phi) is 4.39. The number of hydrogen-bond donors (Lipinski definition) is 3. The Morgan fingerprint density at radius 2 is 1.90 bits per heavy atom. The lowest BCUT2D eigenvalue weighted by atomic mass is 10.1. The van der Waals surface area contributed by atoms with Crippen molar-refractivity contribution in [3.05, 3.63) is 23.8 Å². The Hall–Kier alpha value is -1.79. The molecule has 6 nitrogen and oxygen atoms in total. The lowest BCUT2D eigenvalue weighted by Crippen LogP contribution is -2.50. The summed E-state index contributed by atoms with van der Waals surface area (Å²) in [6, 6.07) is 5.12. The van der Waals surface area contributed by atoms with E-state index < -0.39 is 11.6 Å². The number of carboxylic acid groups (broad SMARTS) is 1. The van der Waals surface area contributed by atoms with Gasteiger partial charge in [0, 0.05) is 44.1 Å². The van der Waals surface area contributed by atoms with Crippen LogP contribution in [0.1, 0.15) is 24.2 Å². The molecule has 21 heavy (non-hydrogen) atoms. The number of benzene rings is 1. The summed E-state index contributed by atoms with van der Waals surface area (Å²) in [7, 11) is 0. The maximum Gasteiger partial charge on any atom is 0.337 e. The molecule has 1 heterocycles. The van der Waals surface area contributed by atoms with E-state index in [9.17, 15) is 9.90 Å². The number of anilines is 2. The van der Waals surface area contributed by atoms with Crippen LogP contribution in [0.5, 0.6) is 0 Å². The van der Waals surface area contributed by atoms with Gasteiger partial charge in [-0.1, -0.05) is 0 Å². The fraction of sp³-hybridized carbons (Fsp3) is 0.533. The predicted octanol–water partition coefficient (Wildman–Crippen LogP) is 0.860. The van der Waals surface area contributed by atoms with E-state index in [-0.39, 0.29) is 11.3 Å². The smallest absolute Gasteiger partial charge is 0.337 e. The first-order valence-corrected chi connectivity index (χ1v) is 7.09. The van der Waals surface area contributed by atoms with Gasteiger partial charge in [-0.15, -0.1) is 0 Å². The summed E-state index contributed by atoms with van der Waals surface area (Å²) in [4.78, 5) is 15.5. The first-order chi connectivity index (χ1) is 9.76. The van der Waals surface area contributed by atoms with Crippen LogP contribution in [0.25, 0.3) is 0 Å². The SMILES string of the molecule is CC(C)(O)CN1CCN(c2ccc(N)c(C(=O)O)c2)CC1. The molecule has 116 valence electrons. The van der Waals surface area contributed by atoms with E-state index in [1.165, 1.54) is 0 Å². The molecule has 1 fully saturated rings. The highest BCUT2D eigenvalue weighted by molar-refractivity contribution is 5.94. The summed E-state index contributed by atoms with van der Waals surface area (Å²) in [5.74, 6) is -1.00. The third-order valence-electron chi connectivity index (χ3n) is 3.62. The maximum absolute atomic E-state index is 11.1. The molecule has 0 bridgehead atoms. The predicted molar refractivity (Wildman–Crippen MR) is 82.8 cm³/mol. The van der Waals surface area contributed by atoms with E-state index in [0.29, 0.717) is 6.54 Å². The summed E-state index contributed by atoms with van der Waals surface area (Å²) in [6.45, 7) is 7.55. The van der Waals surface area contributed by atoms with Gasteiger partial charge >= 0.3 is 5.97 Å². The summed E-state index contributed by atoms with van der Waals surface area (Å²) in [5, 5.41) is 19.0. The van der Waals surface area contributed by atoms with E-state index in [0.717, 1.165) is 31.9 Å². The van der Waals surface area contributed by atoms with Gasteiger partial charge in [-0.25, -0.2) is 4.79 Å². The van der Waals surface area contributed by atoms with Crippen molar-refractivity contribution in [3.63, 3.8) is 0 Å². The van der Waals surface area contributed by atoms with E-state index in [4.69, 9.17) is 10.8 Å². The molecular formula is C15H23N3O3. The van der Waals surface area contributed by atoms with Crippen molar-refractivity contribution in [1.82, 2.24) is 4.90 Å². The van der Waals surface area contributed by atoms with Crippen LogP contribution < -0.4 is 10.6 Å². The molecule has 0 aliphatic carbocycles. The molecular weight excluding hydrogens is 270 g/mol. The van der Waals surface area contributed by atoms with Gasteiger partial charge in [-0.05, 0) is 32.0 Å². The van der Waals surface area contributed by atoms with Crippen LogP contribution in [0.4, 0.5) is 11.4 Å². The Bertz CT molecular complexity index is 517. The standard InChI is InChI=1S/C15H23N3O3/c1-15(2,21)10-17-5-7-18(8-6-17)11-3-4-13(16)12(9-11)14(19)20/h3-4,9,21H,5-8,10,16H2,1-2H3,(H,19,20). The summed E-state index contributed by atoms with van der Waals surface area (Å²) < 4.78 is 0. The molecule has 2 rings (SSSR count). The highest BCUT2D eigenvalue weighted by Gasteiger charge is 2.23. The highest BCUT2D eigenvalue weighted by atomic mass is 16.4. The van der Waals surface area contributed by atoms with Crippen molar-refractivity contribution in [1.29, 1.82) is 0 Å². The van der Waals surface area contributed by atoms with Crippen molar-refractivity contribution >= 4 is 17.3 Å². The number of aromatic carboxylic acids is 1. The second-order valence-electron chi connectivity index (χ2n) is 6.15. The van der Waals surface area contributed by atoms with Gasteiger partial charge in [0.1, 0.15) is 0 Å².